The molecule has 0 spiro atoms. The molecule has 8 aromatic carbocycles. The normalized spacial score (nSPS) is 13.3. The lowest BCUT2D eigenvalue weighted by molar-refractivity contribution is 0.471. The largest absolute Gasteiger partial charge is 0.453 e. The summed E-state index contributed by atoms with van der Waals surface area (Å²) >= 11 is 0. The van der Waals surface area contributed by atoms with Gasteiger partial charge in [-0.05, 0) is 99.1 Å². The Labute approximate surface area is 317 Å². The van der Waals surface area contributed by atoms with E-state index in [4.69, 9.17) is 4.74 Å². The first-order chi connectivity index (χ1) is 26.5. The molecule has 0 bridgehead atoms. The zero-order valence-electron chi connectivity index (χ0n) is 30.3. The van der Waals surface area contributed by atoms with Gasteiger partial charge >= 0.3 is 0 Å². The van der Waals surface area contributed by atoms with Crippen LogP contribution in [0.2, 0.25) is 0 Å². The third kappa shape index (κ3) is 5.20. The summed E-state index contributed by atoms with van der Waals surface area (Å²) in [6.07, 6.45) is 0. The predicted octanol–water partition coefficient (Wildman–Crippen LogP) is 14.4. The maximum Gasteiger partial charge on any atom is 0.153 e. The standard InChI is InChI=1S/C51H38N2O/c1-51(2)43-21-12-13-22-45(43)53-49-44(51)33-40(37-19-10-5-11-20-37)34-48(49)54-47-24-14-23-46(50(47)53)52(41-29-25-38(26-30-41)35-15-6-3-7-16-35)42-31-27-39(28-32-42)36-17-8-4-9-18-36/h3-34H,1-2H3. The minimum Gasteiger partial charge on any atom is -0.453 e. The van der Waals surface area contributed by atoms with Gasteiger partial charge in [-0.25, -0.2) is 0 Å². The van der Waals surface area contributed by atoms with E-state index in [1.165, 1.54) is 44.6 Å². The number of ether oxygens (including phenoxy) is 1. The Hall–Kier alpha value is -6.84. The zero-order chi connectivity index (χ0) is 36.2. The van der Waals surface area contributed by atoms with Crippen LogP contribution < -0.4 is 14.5 Å². The molecular weight excluding hydrogens is 657 g/mol. The molecule has 0 saturated carbocycles. The van der Waals surface area contributed by atoms with Gasteiger partial charge in [0, 0.05) is 16.8 Å². The van der Waals surface area contributed by atoms with E-state index in [2.05, 4.69) is 218 Å². The number of hydrogen-bond donors (Lipinski definition) is 0. The molecule has 0 saturated heterocycles. The van der Waals surface area contributed by atoms with E-state index in [1.807, 2.05) is 0 Å². The van der Waals surface area contributed by atoms with Crippen LogP contribution in [-0.4, -0.2) is 0 Å². The van der Waals surface area contributed by atoms with Gasteiger partial charge in [0.15, 0.2) is 11.5 Å². The number of hydrogen-bond acceptors (Lipinski definition) is 3. The van der Waals surface area contributed by atoms with Crippen LogP contribution in [0.5, 0.6) is 11.5 Å². The molecule has 3 heteroatoms. The van der Waals surface area contributed by atoms with Crippen molar-refractivity contribution in [3.05, 3.63) is 205 Å². The molecule has 2 aliphatic heterocycles. The molecule has 8 aromatic rings. The lowest BCUT2D eigenvalue weighted by Gasteiger charge is -2.46. The monoisotopic (exact) mass is 694 g/mol. The van der Waals surface area contributed by atoms with Crippen molar-refractivity contribution in [3.63, 3.8) is 0 Å². The Morgan fingerprint density at radius 3 is 1.48 bits per heavy atom. The maximum atomic E-state index is 7.04. The van der Waals surface area contributed by atoms with Crippen molar-refractivity contribution in [2.24, 2.45) is 0 Å². The third-order valence-corrected chi connectivity index (χ3v) is 11.0. The van der Waals surface area contributed by atoms with Crippen molar-refractivity contribution in [2.45, 2.75) is 19.3 Å². The van der Waals surface area contributed by atoms with E-state index < -0.39 is 0 Å². The van der Waals surface area contributed by atoms with Gasteiger partial charge in [0.1, 0.15) is 5.69 Å². The van der Waals surface area contributed by atoms with E-state index in [9.17, 15) is 0 Å². The minimum absolute atomic E-state index is 0.266. The van der Waals surface area contributed by atoms with E-state index >= 15 is 0 Å². The second kappa shape index (κ2) is 12.7. The summed E-state index contributed by atoms with van der Waals surface area (Å²) in [5.41, 5.74) is 15.7. The molecule has 0 fully saturated rings. The molecule has 2 heterocycles. The molecule has 0 atom stereocenters. The molecule has 3 nitrogen and oxygen atoms in total. The lowest BCUT2D eigenvalue weighted by Crippen LogP contribution is -2.33. The van der Waals surface area contributed by atoms with Crippen molar-refractivity contribution in [1.82, 2.24) is 0 Å². The van der Waals surface area contributed by atoms with Crippen molar-refractivity contribution in [1.29, 1.82) is 0 Å². The molecule has 0 N–H and O–H groups in total. The zero-order valence-corrected chi connectivity index (χ0v) is 30.3. The second-order valence-corrected chi connectivity index (χ2v) is 14.6. The number of para-hydroxylation sites is 2. The maximum absolute atomic E-state index is 7.04. The van der Waals surface area contributed by atoms with Crippen molar-refractivity contribution in [3.8, 4) is 44.9 Å². The molecule has 54 heavy (non-hydrogen) atoms. The van der Waals surface area contributed by atoms with Crippen LogP contribution in [0.4, 0.5) is 34.1 Å². The fourth-order valence-corrected chi connectivity index (χ4v) is 8.30. The average Bonchev–Trinajstić information content (AvgIpc) is 3.24. The highest BCUT2D eigenvalue weighted by molar-refractivity contribution is 6.01. The summed E-state index contributed by atoms with van der Waals surface area (Å²) in [4.78, 5) is 4.83. The topological polar surface area (TPSA) is 15.7 Å². The Kier molecular flexibility index (Phi) is 7.48. The predicted molar refractivity (Wildman–Crippen MR) is 224 cm³/mol. The first kappa shape index (κ1) is 31.9. The molecule has 2 aliphatic rings. The lowest BCUT2D eigenvalue weighted by atomic mass is 9.72. The van der Waals surface area contributed by atoms with Gasteiger partial charge in [-0.1, -0.05) is 153 Å². The highest BCUT2D eigenvalue weighted by Gasteiger charge is 2.43. The summed E-state index contributed by atoms with van der Waals surface area (Å²) < 4.78 is 7.04. The van der Waals surface area contributed by atoms with E-state index in [1.54, 1.807) is 0 Å². The molecule has 0 amide bonds. The number of fused-ring (bicyclic) bond motifs is 4. The summed E-state index contributed by atoms with van der Waals surface area (Å²) in [6, 6.07) is 69.4. The first-order valence-electron chi connectivity index (χ1n) is 18.6. The van der Waals surface area contributed by atoms with Crippen LogP contribution in [-0.2, 0) is 5.41 Å². The van der Waals surface area contributed by atoms with Gasteiger partial charge in [-0.15, -0.1) is 0 Å². The average molecular weight is 695 g/mol. The highest BCUT2D eigenvalue weighted by Crippen LogP contribution is 2.63. The Morgan fingerprint density at radius 1 is 0.407 bits per heavy atom. The van der Waals surface area contributed by atoms with Gasteiger partial charge in [0.05, 0.1) is 17.1 Å². The smallest absolute Gasteiger partial charge is 0.153 e. The highest BCUT2D eigenvalue weighted by atomic mass is 16.5. The van der Waals surface area contributed by atoms with Gasteiger partial charge < -0.3 is 14.5 Å². The minimum atomic E-state index is -0.266. The molecule has 0 aliphatic carbocycles. The van der Waals surface area contributed by atoms with E-state index in [0.29, 0.717) is 0 Å². The van der Waals surface area contributed by atoms with Crippen molar-refractivity contribution < 1.29 is 4.74 Å². The SMILES string of the molecule is CC1(C)c2ccccc2N2c3c(cccc3N(c3ccc(-c4ccccc4)cc3)c3ccc(-c4ccccc4)cc3)Oc3cc(-c4ccccc4)cc1c32. The van der Waals surface area contributed by atoms with Crippen LogP contribution in [0.3, 0.4) is 0 Å². The molecule has 258 valence electrons. The Balaban J connectivity index is 1.19. The number of rotatable bonds is 6. The third-order valence-electron chi connectivity index (χ3n) is 11.0. The second-order valence-electron chi connectivity index (χ2n) is 14.6. The van der Waals surface area contributed by atoms with Gasteiger partial charge in [0.2, 0.25) is 0 Å². The fraction of sp³-hybridized carbons (Fsp3) is 0.0588. The van der Waals surface area contributed by atoms with Crippen LogP contribution in [0.1, 0.15) is 25.0 Å². The Morgan fingerprint density at radius 2 is 0.907 bits per heavy atom. The summed E-state index contributed by atoms with van der Waals surface area (Å²) in [5, 5.41) is 0. The van der Waals surface area contributed by atoms with Crippen molar-refractivity contribution in [2.75, 3.05) is 9.80 Å². The Bertz CT molecular complexity index is 2550. The molecule has 10 rings (SSSR count). The van der Waals surface area contributed by atoms with Gasteiger partial charge in [-0.3, -0.25) is 0 Å². The van der Waals surface area contributed by atoms with Crippen LogP contribution in [0, 0.1) is 0 Å². The fourth-order valence-electron chi connectivity index (χ4n) is 8.30. The first-order valence-corrected chi connectivity index (χ1v) is 18.6. The van der Waals surface area contributed by atoms with Crippen LogP contribution >= 0.6 is 0 Å². The van der Waals surface area contributed by atoms with E-state index in [-0.39, 0.29) is 5.41 Å². The van der Waals surface area contributed by atoms with Crippen LogP contribution in [0.25, 0.3) is 33.4 Å². The number of nitrogens with zero attached hydrogens (tertiary/aromatic N) is 2. The quantitative estimate of drug-likeness (QED) is 0.172. The van der Waals surface area contributed by atoms with Gasteiger partial charge in [0.25, 0.3) is 0 Å². The molecule has 0 radical (unpaired) electrons. The summed E-state index contributed by atoms with van der Waals surface area (Å²) in [5.74, 6) is 1.68. The molecule has 0 unspecified atom stereocenters. The van der Waals surface area contributed by atoms with E-state index in [0.717, 1.165) is 45.5 Å². The molecule has 0 aromatic heterocycles. The molecular formula is C51H38N2O. The van der Waals surface area contributed by atoms with Crippen molar-refractivity contribution >= 4 is 34.1 Å². The number of anilines is 6. The number of benzene rings is 8. The van der Waals surface area contributed by atoms with Crippen LogP contribution in [0.15, 0.2) is 194 Å². The van der Waals surface area contributed by atoms with Gasteiger partial charge in [-0.2, -0.15) is 0 Å². The summed E-state index contributed by atoms with van der Waals surface area (Å²) in [6.45, 7) is 4.67. The summed E-state index contributed by atoms with van der Waals surface area (Å²) in [7, 11) is 0.